The third-order valence-electron chi connectivity index (χ3n) is 6.55. The predicted molar refractivity (Wildman–Crippen MR) is 126 cm³/mol. The van der Waals surface area contributed by atoms with E-state index in [2.05, 4.69) is 62.4 Å². The van der Waals surface area contributed by atoms with Crippen molar-refractivity contribution < 1.29 is 4.74 Å². The molecule has 2 aromatic carbocycles. The minimum absolute atomic E-state index is 0.607. The van der Waals surface area contributed by atoms with Crippen molar-refractivity contribution in [1.82, 2.24) is 0 Å². The smallest absolute Gasteiger partial charge is 0.0468 e. The van der Waals surface area contributed by atoms with Gasteiger partial charge in [0.15, 0.2) is 0 Å². The van der Waals surface area contributed by atoms with Crippen molar-refractivity contribution in [3.8, 4) is 11.1 Å². The van der Waals surface area contributed by atoms with E-state index in [9.17, 15) is 0 Å². The highest BCUT2D eigenvalue weighted by Gasteiger charge is 2.27. The topological polar surface area (TPSA) is 9.23 Å². The molecule has 0 saturated carbocycles. The van der Waals surface area contributed by atoms with Crippen molar-refractivity contribution in [2.24, 2.45) is 5.92 Å². The SMILES string of the molecule is CCCCOCCC(C)CCCCCCCC1c2ccccc2-c2ccccc21. The third-order valence-corrected chi connectivity index (χ3v) is 6.55. The van der Waals surface area contributed by atoms with Crippen molar-refractivity contribution >= 4 is 0 Å². The summed E-state index contributed by atoms with van der Waals surface area (Å²) in [6, 6.07) is 18.0. The van der Waals surface area contributed by atoms with Gasteiger partial charge in [-0.25, -0.2) is 0 Å². The first-order chi connectivity index (χ1) is 14.3. The largest absolute Gasteiger partial charge is 0.381 e. The molecule has 2 aromatic rings. The molecule has 158 valence electrons. The molecule has 0 saturated heterocycles. The first-order valence-electron chi connectivity index (χ1n) is 12.1. The van der Waals surface area contributed by atoms with Gasteiger partial charge in [-0.05, 0) is 47.4 Å². The van der Waals surface area contributed by atoms with Crippen LogP contribution >= 0.6 is 0 Å². The summed E-state index contributed by atoms with van der Waals surface area (Å²) in [4.78, 5) is 0. The summed E-state index contributed by atoms with van der Waals surface area (Å²) in [6.07, 6.45) is 13.2. The van der Waals surface area contributed by atoms with Gasteiger partial charge in [0.1, 0.15) is 0 Å². The fourth-order valence-corrected chi connectivity index (χ4v) is 4.72. The second kappa shape index (κ2) is 12.2. The summed E-state index contributed by atoms with van der Waals surface area (Å²) in [5.74, 6) is 1.42. The second-order valence-electron chi connectivity index (χ2n) is 8.93. The summed E-state index contributed by atoms with van der Waals surface area (Å²) in [7, 11) is 0. The van der Waals surface area contributed by atoms with Crippen LogP contribution in [0.3, 0.4) is 0 Å². The average Bonchev–Trinajstić information content (AvgIpc) is 3.07. The Morgan fingerprint density at radius 2 is 1.34 bits per heavy atom. The van der Waals surface area contributed by atoms with E-state index < -0.39 is 0 Å². The van der Waals surface area contributed by atoms with Gasteiger partial charge in [-0.3, -0.25) is 0 Å². The van der Waals surface area contributed by atoms with Gasteiger partial charge < -0.3 is 4.74 Å². The van der Waals surface area contributed by atoms with E-state index in [1.807, 2.05) is 0 Å². The molecule has 1 aliphatic rings. The lowest BCUT2D eigenvalue weighted by molar-refractivity contribution is 0.118. The lowest BCUT2D eigenvalue weighted by Crippen LogP contribution is -2.03. The van der Waals surface area contributed by atoms with Crippen LogP contribution < -0.4 is 0 Å². The third kappa shape index (κ3) is 6.44. The molecule has 0 fully saturated rings. The molecule has 0 spiro atoms. The van der Waals surface area contributed by atoms with E-state index >= 15 is 0 Å². The van der Waals surface area contributed by atoms with Crippen LogP contribution in [-0.2, 0) is 4.74 Å². The Hall–Kier alpha value is -1.60. The first kappa shape index (κ1) is 22.1. The van der Waals surface area contributed by atoms with Crippen molar-refractivity contribution in [1.29, 1.82) is 0 Å². The number of rotatable bonds is 14. The maximum atomic E-state index is 5.70. The first-order valence-corrected chi connectivity index (χ1v) is 12.1. The monoisotopic (exact) mass is 392 g/mol. The summed E-state index contributed by atoms with van der Waals surface area (Å²) >= 11 is 0. The molecule has 3 rings (SSSR count). The highest BCUT2D eigenvalue weighted by atomic mass is 16.5. The fourth-order valence-electron chi connectivity index (χ4n) is 4.72. The van der Waals surface area contributed by atoms with Gasteiger partial charge in [0, 0.05) is 19.1 Å². The van der Waals surface area contributed by atoms with E-state index in [0.717, 1.165) is 19.1 Å². The Labute approximate surface area is 178 Å². The Bertz CT molecular complexity index is 674. The van der Waals surface area contributed by atoms with Crippen LogP contribution in [0.5, 0.6) is 0 Å². The minimum Gasteiger partial charge on any atom is -0.381 e. The van der Waals surface area contributed by atoms with Gasteiger partial charge in [-0.1, -0.05) is 107 Å². The molecule has 1 aliphatic carbocycles. The van der Waals surface area contributed by atoms with Crippen molar-refractivity contribution in [2.75, 3.05) is 13.2 Å². The molecular weight excluding hydrogens is 352 g/mol. The van der Waals surface area contributed by atoms with Crippen molar-refractivity contribution in [2.45, 2.75) is 84.0 Å². The number of unbranched alkanes of at least 4 members (excludes halogenated alkanes) is 5. The van der Waals surface area contributed by atoms with E-state index in [1.165, 1.54) is 75.3 Å². The zero-order valence-corrected chi connectivity index (χ0v) is 18.7. The molecule has 1 unspecified atom stereocenters. The van der Waals surface area contributed by atoms with Crippen LogP contribution in [-0.4, -0.2) is 13.2 Å². The molecule has 0 radical (unpaired) electrons. The predicted octanol–water partition coefficient (Wildman–Crippen LogP) is 8.37. The van der Waals surface area contributed by atoms with Crippen LogP contribution in [0, 0.1) is 5.92 Å². The Morgan fingerprint density at radius 3 is 2.03 bits per heavy atom. The number of fused-ring (bicyclic) bond motifs is 3. The van der Waals surface area contributed by atoms with Gasteiger partial charge >= 0.3 is 0 Å². The van der Waals surface area contributed by atoms with Crippen LogP contribution in [0.15, 0.2) is 48.5 Å². The van der Waals surface area contributed by atoms with E-state index in [0.29, 0.717) is 5.92 Å². The van der Waals surface area contributed by atoms with Gasteiger partial charge in [-0.15, -0.1) is 0 Å². The molecule has 29 heavy (non-hydrogen) atoms. The Kier molecular flexibility index (Phi) is 9.28. The molecule has 1 heteroatoms. The van der Waals surface area contributed by atoms with Crippen LogP contribution in [0.4, 0.5) is 0 Å². The number of ether oxygens (including phenoxy) is 1. The highest BCUT2D eigenvalue weighted by Crippen LogP contribution is 2.46. The van der Waals surface area contributed by atoms with Crippen LogP contribution in [0.2, 0.25) is 0 Å². The fraction of sp³-hybridized carbons (Fsp3) is 0.571. The van der Waals surface area contributed by atoms with Gasteiger partial charge in [0.05, 0.1) is 0 Å². The number of hydrogen-bond donors (Lipinski definition) is 0. The summed E-state index contributed by atoms with van der Waals surface area (Å²) in [5, 5.41) is 0. The molecular formula is C28H40O. The summed E-state index contributed by atoms with van der Waals surface area (Å²) < 4.78 is 5.70. The highest BCUT2D eigenvalue weighted by molar-refractivity contribution is 5.78. The van der Waals surface area contributed by atoms with Crippen molar-refractivity contribution in [3.63, 3.8) is 0 Å². The maximum absolute atomic E-state index is 5.70. The normalized spacial score (nSPS) is 14.0. The minimum atomic E-state index is 0.607. The average molecular weight is 393 g/mol. The van der Waals surface area contributed by atoms with E-state index in [4.69, 9.17) is 4.74 Å². The Balaban J connectivity index is 1.30. The quantitative estimate of drug-likeness (QED) is 0.293. The maximum Gasteiger partial charge on any atom is 0.0468 e. The molecule has 0 amide bonds. The van der Waals surface area contributed by atoms with E-state index in [1.54, 1.807) is 11.1 Å². The lowest BCUT2D eigenvalue weighted by Gasteiger charge is -2.14. The Morgan fingerprint density at radius 1 is 0.724 bits per heavy atom. The second-order valence-corrected chi connectivity index (χ2v) is 8.93. The molecule has 0 N–H and O–H groups in total. The van der Waals surface area contributed by atoms with Crippen LogP contribution in [0.25, 0.3) is 11.1 Å². The summed E-state index contributed by atoms with van der Waals surface area (Å²) in [6.45, 7) is 6.50. The zero-order chi connectivity index (χ0) is 20.3. The standard InChI is InChI=1S/C28H40O/c1-3-4-21-29-22-20-23(2)14-8-6-5-7-9-15-24-25-16-10-12-18-27(25)28-19-13-11-17-26(24)28/h10-13,16-19,23-24H,3-9,14-15,20-22H2,1-2H3. The number of hydrogen-bond acceptors (Lipinski definition) is 1. The molecule has 0 aliphatic heterocycles. The molecule has 1 nitrogen and oxygen atoms in total. The van der Waals surface area contributed by atoms with E-state index in [-0.39, 0.29) is 0 Å². The van der Waals surface area contributed by atoms with Gasteiger partial charge in [-0.2, -0.15) is 0 Å². The lowest BCUT2D eigenvalue weighted by atomic mass is 9.91. The molecule has 1 atom stereocenters. The summed E-state index contributed by atoms with van der Waals surface area (Å²) in [5.41, 5.74) is 6.01. The molecule has 0 aromatic heterocycles. The number of benzene rings is 2. The van der Waals surface area contributed by atoms with Crippen LogP contribution in [0.1, 0.15) is 95.1 Å². The zero-order valence-electron chi connectivity index (χ0n) is 18.7. The molecule has 0 bridgehead atoms. The van der Waals surface area contributed by atoms with Gasteiger partial charge in [0.2, 0.25) is 0 Å². The van der Waals surface area contributed by atoms with Gasteiger partial charge in [0.25, 0.3) is 0 Å². The van der Waals surface area contributed by atoms with Crippen molar-refractivity contribution in [3.05, 3.63) is 59.7 Å². The molecule has 0 heterocycles.